The highest BCUT2D eigenvalue weighted by atomic mass is 32.2. The average molecular weight is 435 g/mol. The molecule has 160 valence electrons. The van der Waals surface area contributed by atoms with Gasteiger partial charge in [0.25, 0.3) is 5.91 Å². The molecule has 0 unspecified atom stereocenters. The summed E-state index contributed by atoms with van der Waals surface area (Å²) in [5.74, 6) is 0.817. The minimum Gasteiger partial charge on any atom is -0.459 e. The number of carbonyl (C=O) groups is 1. The fourth-order valence-electron chi connectivity index (χ4n) is 3.15. The molecule has 7 heteroatoms. The summed E-state index contributed by atoms with van der Waals surface area (Å²) in [6.45, 7) is 1.52. The smallest absolute Gasteiger partial charge is 0.291 e. The standard InChI is InChI=1S/C24H26N4O2S/c1-25-23(27-17-24(13-14-24)31-20-6-3-2-4-7-20)26-16-18-9-11-19(12-10-18)28-22(29)21-8-5-15-30-21/h2-12,15H,13-14,16-17H2,1H3,(H,28,29)(H2,25,26,27). The van der Waals surface area contributed by atoms with E-state index in [1.54, 1.807) is 19.2 Å². The van der Waals surface area contributed by atoms with Crippen molar-refractivity contribution >= 4 is 29.3 Å². The van der Waals surface area contributed by atoms with Gasteiger partial charge in [0.15, 0.2) is 11.7 Å². The van der Waals surface area contributed by atoms with E-state index in [9.17, 15) is 4.79 Å². The lowest BCUT2D eigenvalue weighted by atomic mass is 10.2. The normalized spacial score (nSPS) is 14.7. The van der Waals surface area contributed by atoms with Gasteiger partial charge < -0.3 is 20.4 Å². The first kappa shape index (κ1) is 21.1. The van der Waals surface area contributed by atoms with Gasteiger partial charge in [-0.3, -0.25) is 9.79 Å². The number of furan rings is 1. The fourth-order valence-corrected chi connectivity index (χ4v) is 4.39. The zero-order valence-corrected chi connectivity index (χ0v) is 18.2. The van der Waals surface area contributed by atoms with Crippen molar-refractivity contribution in [3.8, 4) is 0 Å². The SMILES string of the molecule is CN=C(NCc1ccc(NC(=O)c2ccco2)cc1)NCC1(Sc2ccccc2)CC1. The van der Waals surface area contributed by atoms with Crippen molar-refractivity contribution in [2.45, 2.75) is 29.0 Å². The zero-order valence-electron chi connectivity index (χ0n) is 17.4. The second-order valence-electron chi connectivity index (χ2n) is 7.51. The molecule has 1 saturated carbocycles. The monoisotopic (exact) mass is 434 g/mol. The van der Waals surface area contributed by atoms with E-state index in [0.29, 0.717) is 12.3 Å². The maximum absolute atomic E-state index is 12.0. The van der Waals surface area contributed by atoms with Crippen molar-refractivity contribution in [3.05, 3.63) is 84.3 Å². The van der Waals surface area contributed by atoms with Gasteiger partial charge in [0.2, 0.25) is 0 Å². The summed E-state index contributed by atoms with van der Waals surface area (Å²) >= 11 is 1.94. The molecular formula is C24H26N4O2S. The summed E-state index contributed by atoms with van der Waals surface area (Å²) in [6, 6.07) is 21.6. The largest absolute Gasteiger partial charge is 0.459 e. The molecule has 4 rings (SSSR count). The predicted octanol–water partition coefficient (Wildman–Crippen LogP) is 4.52. The number of hydrogen-bond donors (Lipinski definition) is 3. The molecule has 0 saturated heterocycles. The highest BCUT2D eigenvalue weighted by molar-refractivity contribution is 8.01. The Kier molecular flexibility index (Phi) is 6.62. The summed E-state index contributed by atoms with van der Waals surface area (Å²) < 4.78 is 5.37. The minimum absolute atomic E-state index is 0.257. The number of aliphatic imine (C=N–C) groups is 1. The van der Waals surface area contributed by atoms with Gasteiger partial charge in [0.05, 0.1) is 6.26 Å². The van der Waals surface area contributed by atoms with Crippen LogP contribution in [0, 0.1) is 0 Å². The molecule has 2 aromatic carbocycles. The maximum atomic E-state index is 12.0. The topological polar surface area (TPSA) is 78.7 Å². The minimum atomic E-state index is -0.261. The quantitative estimate of drug-likeness (QED) is 0.359. The van der Waals surface area contributed by atoms with E-state index in [2.05, 4.69) is 45.2 Å². The molecule has 0 aliphatic heterocycles. The van der Waals surface area contributed by atoms with Crippen LogP contribution in [0.1, 0.15) is 29.0 Å². The number of nitrogens with zero attached hydrogens (tertiary/aromatic N) is 1. The molecule has 1 aliphatic rings. The van der Waals surface area contributed by atoms with Crippen LogP contribution in [-0.4, -0.2) is 30.2 Å². The first-order valence-electron chi connectivity index (χ1n) is 10.3. The molecule has 0 bridgehead atoms. The van der Waals surface area contributed by atoms with Crippen molar-refractivity contribution in [2.24, 2.45) is 4.99 Å². The molecule has 1 heterocycles. The summed E-state index contributed by atoms with van der Waals surface area (Å²) in [5.41, 5.74) is 1.82. The number of rotatable bonds is 8. The fraction of sp³-hybridized carbons (Fsp3) is 0.250. The molecule has 1 fully saturated rings. The first-order chi connectivity index (χ1) is 15.2. The maximum Gasteiger partial charge on any atom is 0.291 e. The van der Waals surface area contributed by atoms with E-state index in [0.717, 1.165) is 23.8 Å². The van der Waals surface area contributed by atoms with Crippen LogP contribution in [0.2, 0.25) is 0 Å². The van der Waals surface area contributed by atoms with Crippen LogP contribution in [0.25, 0.3) is 0 Å². The Hall–Kier alpha value is -3.19. The van der Waals surface area contributed by atoms with Gasteiger partial charge in [-0.15, -0.1) is 11.8 Å². The summed E-state index contributed by atoms with van der Waals surface area (Å²) in [7, 11) is 1.78. The molecule has 1 amide bonds. The van der Waals surface area contributed by atoms with Crippen molar-refractivity contribution in [3.63, 3.8) is 0 Å². The summed E-state index contributed by atoms with van der Waals surface area (Å²) in [6.07, 6.45) is 3.90. The number of anilines is 1. The van der Waals surface area contributed by atoms with Gasteiger partial charge in [-0.2, -0.15) is 0 Å². The van der Waals surface area contributed by atoms with Crippen LogP contribution >= 0.6 is 11.8 Å². The average Bonchev–Trinajstić information content (AvgIpc) is 3.33. The van der Waals surface area contributed by atoms with E-state index < -0.39 is 0 Å². The second kappa shape index (κ2) is 9.75. The Morgan fingerprint density at radius 1 is 1.03 bits per heavy atom. The van der Waals surface area contributed by atoms with Crippen LogP contribution < -0.4 is 16.0 Å². The molecular weight excluding hydrogens is 408 g/mol. The molecule has 0 radical (unpaired) electrons. The first-order valence-corrected chi connectivity index (χ1v) is 11.1. The van der Waals surface area contributed by atoms with Gasteiger partial charge in [0.1, 0.15) is 0 Å². The van der Waals surface area contributed by atoms with E-state index in [-0.39, 0.29) is 10.7 Å². The lowest BCUT2D eigenvalue weighted by Crippen LogP contribution is -2.40. The van der Waals surface area contributed by atoms with Gasteiger partial charge >= 0.3 is 0 Å². The van der Waals surface area contributed by atoms with Gasteiger partial charge in [-0.05, 0) is 54.8 Å². The number of carbonyl (C=O) groups excluding carboxylic acids is 1. The molecule has 6 nitrogen and oxygen atoms in total. The van der Waals surface area contributed by atoms with E-state index in [1.807, 2.05) is 42.1 Å². The molecule has 0 spiro atoms. The number of hydrogen-bond acceptors (Lipinski definition) is 4. The number of nitrogens with one attached hydrogen (secondary N) is 3. The second-order valence-corrected chi connectivity index (χ2v) is 9.05. The summed E-state index contributed by atoms with van der Waals surface area (Å²) in [4.78, 5) is 17.7. The number of thioether (sulfide) groups is 1. The number of guanidine groups is 1. The van der Waals surface area contributed by atoms with Gasteiger partial charge in [0, 0.05) is 35.5 Å². The number of benzene rings is 2. The summed E-state index contributed by atoms with van der Waals surface area (Å²) in [5, 5.41) is 9.65. The van der Waals surface area contributed by atoms with E-state index >= 15 is 0 Å². The Bertz CT molecular complexity index is 1010. The molecule has 1 aromatic heterocycles. The van der Waals surface area contributed by atoms with Crippen LogP contribution in [-0.2, 0) is 6.54 Å². The number of amides is 1. The van der Waals surface area contributed by atoms with E-state index in [4.69, 9.17) is 4.42 Å². The lowest BCUT2D eigenvalue weighted by molar-refractivity contribution is 0.0996. The highest BCUT2D eigenvalue weighted by Gasteiger charge is 2.43. The van der Waals surface area contributed by atoms with Gasteiger partial charge in [-0.1, -0.05) is 30.3 Å². The lowest BCUT2D eigenvalue weighted by Gasteiger charge is -2.18. The Morgan fingerprint density at radius 3 is 2.45 bits per heavy atom. The third-order valence-corrected chi connectivity index (χ3v) is 6.60. The van der Waals surface area contributed by atoms with Crippen molar-refractivity contribution in [1.29, 1.82) is 0 Å². The molecule has 31 heavy (non-hydrogen) atoms. The molecule has 3 aromatic rings. The van der Waals surface area contributed by atoms with Gasteiger partial charge in [-0.25, -0.2) is 0 Å². The van der Waals surface area contributed by atoms with Crippen molar-refractivity contribution in [1.82, 2.24) is 10.6 Å². The Balaban J connectivity index is 1.24. The zero-order chi connectivity index (χ0) is 21.5. The third-order valence-electron chi connectivity index (χ3n) is 5.10. The third kappa shape index (κ3) is 5.92. The Morgan fingerprint density at radius 2 is 1.81 bits per heavy atom. The van der Waals surface area contributed by atoms with Crippen LogP contribution in [0.5, 0.6) is 0 Å². The van der Waals surface area contributed by atoms with E-state index in [1.165, 1.54) is 24.0 Å². The van der Waals surface area contributed by atoms with Crippen LogP contribution in [0.4, 0.5) is 5.69 Å². The van der Waals surface area contributed by atoms with Crippen LogP contribution in [0.3, 0.4) is 0 Å². The Labute approximate surface area is 186 Å². The molecule has 1 aliphatic carbocycles. The predicted molar refractivity (Wildman–Crippen MR) is 126 cm³/mol. The highest BCUT2D eigenvalue weighted by Crippen LogP contribution is 2.51. The molecule has 0 atom stereocenters. The van der Waals surface area contributed by atoms with Crippen LogP contribution in [0.15, 0.2) is 87.3 Å². The van der Waals surface area contributed by atoms with Crippen molar-refractivity contribution < 1.29 is 9.21 Å². The molecule has 3 N–H and O–H groups in total. The van der Waals surface area contributed by atoms with Crippen molar-refractivity contribution in [2.75, 3.05) is 18.9 Å².